The van der Waals surface area contributed by atoms with Crippen molar-refractivity contribution >= 4 is 21.6 Å². The van der Waals surface area contributed by atoms with Crippen molar-refractivity contribution in [1.29, 1.82) is 0 Å². The Morgan fingerprint density at radius 2 is 2.10 bits per heavy atom. The Hall–Kier alpha value is -0.950. The largest absolute Gasteiger partial charge is 0.316 e. The smallest absolute Gasteiger partial charge is 0.243 e. The topological polar surface area (TPSA) is 49.4 Å². The van der Waals surface area contributed by atoms with E-state index >= 15 is 0 Å². The molecule has 0 heterocycles. The van der Waals surface area contributed by atoms with E-state index in [-0.39, 0.29) is 29.0 Å². The number of nitrogens with one attached hydrogen (secondary N) is 1. The van der Waals surface area contributed by atoms with Crippen molar-refractivity contribution in [2.24, 2.45) is 0 Å². The van der Waals surface area contributed by atoms with Gasteiger partial charge in [0, 0.05) is 19.1 Å². The van der Waals surface area contributed by atoms with Crippen molar-refractivity contribution in [3.8, 4) is 0 Å². The Labute approximate surface area is 130 Å². The molecule has 0 saturated carbocycles. The van der Waals surface area contributed by atoms with Crippen LogP contribution in [0.25, 0.3) is 0 Å². The molecule has 7 heteroatoms. The molecule has 0 unspecified atom stereocenters. The first-order valence-electron chi connectivity index (χ1n) is 6.51. The average Bonchev–Trinajstić information content (AvgIpc) is 2.40. The van der Waals surface area contributed by atoms with Gasteiger partial charge in [-0.15, -0.1) is 6.58 Å². The van der Waals surface area contributed by atoms with Crippen molar-refractivity contribution in [2.45, 2.75) is 31.3 Å². The summed E-state index contributed by atoms with van der Waals surface area (Å²) in [5, 5.41) is 2.77. The minimum absolute atomic E-state index is 0.0666. The normalized spacial score (nSPS) is 12.1. The van der Waals surface area contributed by atoms with Crippen LogP contribution in [0.15, 0.2) is 29.7 Å². The zero-order valence-electron chi connectivity index (χ0n) is 12.4. The molecule has 0 fully saturated rings. The fourth-order valence-electron chi connectivity index (χ4n) is 1.94. The van der Waals surface area contributed by atoms with Gasteiger partial charge in [-0.25, -0.2) is 12.8 Å². The summed E-state index contributed by atoms with van der Waals surface area (Å²) in [5.74, 6) is -0.745. The quantitative estimate of drug-likeness (QED) is 0.780. The van der Waals surface area contributed by atoms with Crippen LogP contribution in [0.3, 0.4) is 0 Å². The highest BCUT2D eigenvalue weighted by atomic mass is 35.5. The molecular weight excluding hydrogens is 315 g/mol. The Morgan fingerprint density at radius 3 is 2.57 bits per heavy atom. The second kappa shape index (κ2) is 7.35. The van der Waals surface area contributed by atoms with E-state index in [1.807, 2.05) is 0 Å². The van der Waals surface area contributed by atoms with Crippen molar-refractivity contribution in [2.75, 3.05) is 13.6 Å². The monoisotopic (exact) mass is 334 g/mol. The lowest BCUT2D eigenvalue weighted by Crippen LogP contribution is -2.37. The summed E-state index contributed by atoms with van der Waals surface area (Å²) < 4.78 is 40.4. The lowest BCUT2D eigenvalue weighted by atomic mass is 10.2. The van der Waals surface area contributed by atoms with Gasteiger partial charge in [0.1, 0.15) is 5.82 Å². The third-order valence-corrected chi connectivity index (χ3v) is 5.38. The maximum Gasteiger partial charge on any atom is 0.243 e. The molecule has 118 valence electrons. The van der Waals surface area contributed by atoms with E-state index in [1.165, 1.54) is 16.4 Å². The summed E-state index contributed by atoms with van der Waals surface area (Å²) in [6, 6.07) is 2.09. The SMILES string of the molecule is C=CCN(C(C)C)S(=O)(=O)c1cc(F)c(Cl)c(CNC)c1. The lowest BCUT2D eigenvalue weighted by Gasteiger charge is -2.25. The first kappa shape index (κ1) is 18.1. The van der Waals surface area contributed by atoms with Crippen LogP contribution in [0, 0.1) is 5.82 Å². The molecule has 0 radical (unpaired) electrons. The molecule has 1 aromatic carbocycles. The van der Waals surface area contributed by atoms with Crippen LogP contribution in [-0.4, -0.2) is 32.4 Å². The lowest BCUT2D eigenvalue weighted by molar-refractivity contribution is 0.382. The maximum atomic E-state index is 13.9. The average molecular weight is 335 g/mol. The van der Waals surface area contributed by atoms with Gasteiger partial charge in [0.25, 0.3) is 0 Å². The summed E-state index contributed by atoms with van der Waals surface area (Å²) in [4.78, 5) is -0.106. The summed E-state index contributed by atoms with van der Waals surface area (Å²) in [6.45, 7) is 7.50. The molecule has 1 N–H and O–H groups in total. The maximum absolute atomic E-state index is 13.9. The standard InChI is InChI=1S/C14H20ClFN2O2S/c1-5-6-18(10(2)3)21(19,20)12-7-11(9-17-4)14(15)13(16)8-12/h5,7-8,10,17H,1,6,9H2,2-4H3. The van der Waals surface area contributed by atoms with Gasteiger partial charge in [0.15, 0.2) is 0 Å². The van der Waals surface area contributed by atoms with Crippen molar-refractivity contribution < 1.29 is 12.8 Å². The fraction of sp³-hybridized carbons (Fsp3) is 0.429. The molecule has 0 atom stereocenters. The van der Waals surface area contributed by atoms with Crippen LogP contribution in [0.5, 0.6) is 0 Å². The van der Waals surface area contributed by atoms with Gasteiger partial charge in [-0.1, -0.05) is 17.7 Å². The number of benzene rings is 1. The number of nitrogens with zero attached hydrogens (tertiary/aromatic N) is 1. The van der Waals surface area contributed by atoms with Gasteiger partial charge in [0.2, 0.25) is 10.0 Å². The predicted octanol–water partition coefficient (Wildman–Crippen LogP) is 2.78. The first-order valence-corrected chi connectivity index (χ1v) is 8.32. The summed E-state index contributed by atoms with van der Waals surface area (Å²) >= 11 is 5.86. The molecule has 0 saturated heterocycles. The first-order chi connectivity index (χ1) is 9.75. The summed E-state index contributed by atoms with van der Waals surface area (Å²) in [6.07, 6.45) is 1.50. The number of sulfonamides is 1. The second-order valence-corrected chi connectivity index (χ2v) is 7.13. The molecule has 1 aromatic rings. The molecule has 0 aliphatic heterocycles. The van der Waals surface area contributed by atoms with Gasteiger partial charge in [0.05, 0.1) is 9.92 Å². The van der Waals surface area contributed by atoms with Crippen LogP contribution in [0.1, 0.15) is 19.4 Å². The van der Waals surface area contributed by atoms with Gasteiger partial charge >= 0.3 is 0 Å². The Balaban J connectivity index is 3.40. The van der Waals surface area contributed by atoms with E-state index < -0.39 is 15.8 Å². The van der Waals surface area contributed by atoms with Crippen LogP contribution in [0.4, 0.5) is 4.39 Å². The number of rotatable bonds is 7. The van der Waals surface area contributed by atoms with E-state index in [4.69, 9.17) is 11.6 Å². The number of hydrogen-bond acceptors (Lipinski definition) is 3. The molecule has 4 nitrogen and oxygen atoms in total. The molecule has 1 rings (SSSR count). The van der Waals surface area contributed by atoms with Gasteiger partial charge < -0.3 is 5.32 Å². The van der Waals surface area contributed by atoms with E-state index in [0.29, 0.717) is 5.56 Å². The Bertz CT molecular complexity index is 618. The zero-order chi connectivity index (χ0) is 16.2. The predicted molar refractivity (Wildman–Crippen MR) is 83.4 cm³/mol. The number of halogens is 2. The van der Waals surface area contributed by atoms with Crippen molar-refractivity contribution in [1.82, 2.24) is 9.62 Å². The fourth-order valence-corrected chi connectivity index (χ4v) is 3.78. The van der Waals surface area contributed by atoms with Crippen molar-refractivity contribution in [3.05, 3.63) is 41.2 Å². The van der Waals surface area contributed by atoms with Gasteiger partial charge in [-0.3, -0.25) is 0 Å². The van der Waals surface area contributed by atoms with E-state index in [2.05, 4.69) is 11.9 Å². The zero-order valence-corrected chi connectivity index (χ0v) is 13.9. The van der Waals surface area contributed by atoms with Crippen LogP contribution in [-0.2, 0) is 16.6 Å². The molecule has 0 amide bonds. The van der Waals surface area contributed by atoms with Gasteiger partial charge in [-0.2, -0.15) is 4.31 Å². The summed E-state index contributed by atoms with van der Waals surface area (Å²) in [5.41, 5.74) is 0.403. The summed E-state index contributed by atoms with van der Waals surface area (Å²) in [7, 11) is -2.13. The highest BCUT2D eigenvalue weighted by Gasteiger charge is 2.27. The van der Waals surface area contributed by atoms with Crippen LogP contribution >= 0.6 is 11.6 Å². The molecule has 0 aromatic heterocycles. The van der Waals surface area contributed by atoms with Crippen LogP contribution in [0.2, 0.25) is 5.02 Å². The molecule has 0 aliphatic rings. The van der Waals surface area contributed by atoms with E-state index in [9.17, 15) is 12.8 Å². The minimum Gasteiger partial charge on any atom is -0.316 e. The van der Waals surface area contributed by atoms with Crippen LogP contribution < -0.4 is 5.32 Å². The van der Waals surface area contributed by atoms with E-state index in [0.717, 1.165) is 6.07 Å². The molecule has 0 spiro atoms. The molecular formula is C14H20ClFN2O2S. The molecule has 21 heavy (non-hydrogen) atoms. The van der Waals surface area contributed by atoms with E-state index in [1.54, 1.807) is 20.9 Å². The Kier molecular flexibility index (Phi) is 6.34. The second-order valence-electron chi connectivity index (χ2n) is 4.87. The van der Waals surface area contributed by atoms with Crippen molar-refractivity contribution in [3.63, 3.8) is 0 Å². The third-order valence-electron chi connectivity index (χ3n) is 2.94. The highest BCUT2D eigenvalue weighted by Crippen LogP contribution is 2.27. The van der Waals surface area contributed by atoms with Gasteiger partial charge in [-0.05, 0) is 38.6 Å². The molecule has 0 bridgehead atoms. The highest BCUT2D eigenvalue weighted by molar-refractivity contribution is 7.89. The Morgan fingerprint density at radius 1 is 1.48 bits per heavy atom. The number of hydrogen-bond donors (Lipinski definition) is 1. The third kappa shape index (κ3) is 4.03. The molecule has 0 aliphatic carbocycles. The minimum atomic E-state index is -3.81.